The second-order valence-corrected chi connectivity index (χ2v) is 8.33. The summed E-state index contributed by atoms with van der Waals surface area (Å²) in [6.07, 6.45) is 7.23. The Morgan fingerprint density at radius 3 is 3.20 bits per heavy atom. The average molecular weight is 359 g/mol. The molecule has 0 aromatic carbocycles. The zero-order valence-corrected chi connectivity index (χ0v) is 15.6. The monoisotopic (exact) mass is 358 g/mol. The van der Waals surface area contributed by atoms with Gasteiger partial charge in [0.1, 0.15) is 0 Å². The molecule has 2 aliphatic rings. The van der Waals surface area contributed by atoms with Crippen LogP contribution in [0.25, 0.3) is 0 Å². The number of aryl methyl sites for hydroxylation is 1. The Bertz CT molecular complexity index is 690. The van der Waals surface area contributed by atoms with Crippen LogP contribution >= 0.6 is 11.3 Å². The summed E-state index contributed by atoms with van der Waals surface area (Å²) in [5.74, 6) is 0. The molecule has 0 saturated carbocycles. The lowest BCUT2D eigenvalue weighted by Gasteiger charge is -2.39. The Labute approximate surface area is 153 Å². The fourth-order valence-electron chi connectivity index (χ4n) is 3.99. The van der Waals surface area contributed by atoms with Crippen LogP contribution in [0.2, 0.25) is 0 Å². The van der Waals surface area contributed by atoms with Crippen molar-refractivity contribution in [2.75, 3.05) is 19.7 Å². The third-order valence-corrected chi connectivity index (χ3v) is 6.35. The summed E-state index contributed by atoms with van der Waals surface area (Å²) in [7, 11) is 0. The van der Waals surface area contributed by atoms with Crippen LogP contribution in [0.5, 0.6) is 0 Å². The van der Waals surface area contributed by atoms with E-state index in [0.29, 0.717) is 13.2 Å². The summed E-state index contributed by atoms with van der Waals surface area (Å²) in [5.41, 5.74) is 2.53. The van der Waals surface area contributed by atoms with Crippen LogP contribution in [0.3, 0.4) is 0 Å². The second-order valence-electron chi connectivity index (χ2n) is 7.33. The minimum atomic E-state index is -0.0109. The van der Waals surface area contributed by atoms with Gasteiger partial charge in [-0.2, -0.15) is 0 Å². The van der Waals surface area contributed by atoms with Gasteiger partial charge in [0.25, 0.3) is 0 Å². The smallest absolute Gasteiger partial charge is 0.0841 e. The van der Waals surface area contributed by atoms with Gasteiger partial charge in [-0.05, 0) is 54.9 Å². The zero-order valence-electron chi connectivity index (χ0n) is 14.8. The molecule has 4 heterocycles. The SMILES string of the molecule is Cc1ccsc1CN1CCC[C@]2(C[C@@H](OCc3cccnc3)CO2)C1. The number of piperidine rings is 1. The predicted molar refractivity (Wildman–Crippen MR) is 99.7 cm³/mol. The molecular weight excluding hydrogens is 332 g/mol. The molecule has 0 amide bonds. The van der Waals surface area contributed by atoms with Crippen molar-refractivity contribution >= 4 is 11.3 Å². The van der Waals surface area contributed by atoms with Crippen LogP contribution in [-0.2, 0) is 22.6 Å². The van der Waals surface area contributed by atoms with Gasteiger partial charge in [-0.15, -0.1) is 11.3 Å². The Morgan fingerprint density at radius 1 is 1.44 bits per heavy atom. The van der Waals surface area contributed by atoms with E-state index in [4.69, 9.17) is 9.47 Å². The van der Waals surface area contributed by atoms with Crippen LogP contribution in [0, 0.1) is 6.92 Å². The Kier molecular flexibility index (Phi) is 5.17. The fraction of sp³-hybridized carbons (Fsp3) is 0.550. The summed E-state index contributed by atoms with van der Waals surface area (Å²) < 4.78 is 12.4. The molecular formula is C20H26N2O2S. The Balaban J connectivity index is 1.32. The first-order valence-electron chi connectivity index (χ1n) is 9.12. The van der Waals surface area contributed by atoms with E-state index in [2.05, 4.69) is 34.3 Å². The largest absolute Gasteiger partial charge is 0.371 e. The molecule has 134 valence electrons. The number of aromatic nitrogens is 1. The number of pyridine rings is 1. The van der Waals surface area contributed by atoms with Crippen molar-refractivity contribution < 1.29 is 9.47 Å². The number of nitrogens with zero attached hydrogens (tertiary/aromatic N) is 2. The van der Waals surface area contributed by atoms with Gasteiger partial charge in [-0.1, -0.05) is 6.07 Å². The minimum absolute atomic E-state index is 0.0109. The van der Waals surface area contributed by atoms with Crippen molar-refractivity contribution in [2.24, 2.45) is 0 Å². The van der Waals surface area contributed by atoms with Crippen LogP contribution < -0.4 is 0 Å². The topological polar surface area (TPSA) is 34.6 Å². The zero-order chi connectivity index (χ0) is 17.1. The van der Waals surface area contributed by atoms with Crippen LogP contribution in [0.1, 0.15) is 35.3 Å². The minimum Gasteiger partial charge on any atom is -0.371 e. The molecule has 0 unspecified atom stereocenters. The molecule has 4 nitrogen and oxygen atoms in total. The maximum atomic E-state index is 6.28. The highest BCUT2D eigenvalue weighted by Crippen LogP contribution is 2.36. The van der Waals surface area contributed by atoms with Gasteiger partial charge < -0.3 is 9.47 Å². The second kappa shape index (κ2) is 7.54. The summed E-state index contributed by atoms with van der Waals surface area (Å²) in [6, 6.07) is 6.23. The Hall–Kier alpha value is -1.27. The first-order valence-corrected chi connectivity index (χ1v) is 10.0. The molecule has 0 radical (unpaired) electrons. The molecule has 2 aromatic rings. The number of ether oxygens (including phenoxy) is 2. The molecule has 2 aliphatic heterocycles. The highest BCUT2D eigenvalue weighted by molar-refractivity contribution is 7.10. The normalized spacial score (nSPS) is 27.2. The molecule has 4 rings (SSSR count). The summed E-state index contributed by atoms with van der Waals surface area (Å²) in [5, 5.41) is 2.19. The lowest BCUT2D eigenvalue weighted by molar-refractivity contribution is -0.0546. The predicted octanol–water partition coefficient (Wildman–Crippen LogP) is 3.79. The summed E-state index contributed by atoms with van der Waals surface area (Å²) >= 11 is 1.87. The number of thiophene rings is 1. The van der Waals surface area contributed by atoms with Crippen LogP contribution in [-0.4, -0.2) is 41.3 Å². The fourth-order valence-corrected chi connectivity index (χ4v) is 4.93. The molecule has 1 spiro atoms. The van der Waals surface area contributed by atoms with Gasteiger partial charge in [0.05, 0.1) is 24.9 Å². The quantitative estimate of drug-likeness (QED) is 0.814. The molecule has 25 heavy (non-hydrogen) atoms. The lowest BCUT2D eigenvalue weighted by atomic mass is 9.89. The van der Waals surface area contributed by atoms with Crippen molar-refractivity contribution in [2.45, 2.75) is 51.0 Å². The maximum Gasteiger partial charge on any atom is 0.0841 e. The molecule has 2 atom stereocenters. The summed E-state index contributed by atoms with van der Waals surface area (Å²) in [6.45, 7) is 6.79. The summed E-state index contributed by atoms with van der Waals surface area (Å²) in [4.78, 5) is 8.20. The first-order chi connectivity index (χ1) is 12.2. The van der Waals surface area contributed by atoms with Gasteiger partial charge >= 0.3 is 0 Å². The lowest BCUT2D eigenvalue weighted by Crippen LogP contribution is -2.47. The van der Waals surface area contributed by atoms with Crippen molar-refractivity contribution in [1.29, 1.82) is 0 Å². The molecule has 5 heteroatoms. The van der Waals surface area contributed by atoms with Crippen LogP contribution in [0.4, 0.5) is 0 Å². The standard InChI is InChI=1S/C20H26N2O2S/c1-16-5-9-25-19(16)12-22-8-3-6-20(15-22)10-18(14-24-20)23-13-17-4-2-7-21-11-17/h2,4-5,7,9,11,18H,3,6,8,10,12-15H2,1H3/t18-,20+/m1/s1. The van der Waals surface area contributed by atoms with E-state index in [-0.39, 0.29) is 11.7 Å². The van der Waals surface area contributed by atoms with E-state index < -0.39 is 0 Å². The molecule has 0 aliphatic carbocycles. The molecule has 0 N–H and O–H groups in total. The van der Waals surface area contributed by atoms with Gasteiger partial charge in [0, 0.05) is 36.8 Å². The number of hydrogen-bond acceptors (Lipinski definition) is 5. The van der Waals surface area contributed by atoms with Crippen molar-refractivity contribution in [1.82, 2.24) is 9.88 Å². The third kappa shape index (κ3) is 4.11. The van der Waals surface area contributed by atoms with Gasteiger partial charge in [0.2, 0.25) is 0 Å². The first kappa shape index (κ1) is 17.2. The van der Waals surface area contributed by atoms with E-state index in [0.717, 1.165) is 31.5 Å². The maximum absolute atomic E-state index is 6.28. The number of hydrogen-bond donors (Lipinski definition) is 0. The van der Waals surface area contributed by atoms with E-state index in [9.17, 15) is 0 Å². The highest BCUT2D eigenvalue weighted by Gasteiger charge is 2.43. The molecule has 2 fully saturated rings. The van der Waals surface area contributed by atoms with Gasteiger partial charge in [0.15, 0.2) is 0 Å². The number of rotatable bonds is 5. The van der Waals surface area contributed by atoms with Gasteiger partial charge in [-0.3, -0.25) is 9.88 Å². The van der Waals surface area contributed by atoms with E-state index in [1.807, 2.05) is 23.6 Å². The molecule has 0 bridgehead atoms. The average Bonchev–Trinajstić information content (AvgIpc) is 3.21. The molecule has 2 saturated heterocycles. The Morgan fingerprint density at radius 2 is 2.40 bits per heavy atom. The van der Waals surface area contributed by atoms with E-state index >= 15 is 0 Å². The number of likely N-dealkylation sites (tertiary alicyclic amines) is 1. The van der Waals surface area contributed by atoms with Crippen molar-refractivity contribution in [3.63, 3.8) is 0 Å². The van der Waals surface area contributed by atoms with E-state index in [1.54, 1.807) is 6.20 Å². The van der Waals surface area contributed by atoms with Crippen LogP contribution in [0.15, 0.2) is 36.0 Å². The highest BCUT2D eigenvalue weighted by atomic mass is 32.1. The molecule has 2 aromatic heterocycles. The third-order valence-electron chi connectivity index (χ3n) is 5.34. The van der Waals surface area contributed by atoms with E-state index in [1.165, 1.54) is 23.4 Å². The van der Waals surface area contributed by atoms with Crippen molar-refractivity contribution in [3.8, 4) is 0 Å². The van der Waals surface area contributed by atoms with Gasteiger partial charge in [-0.25, -0.2) is 0 Å². The van der Waals surface area contributed by atoms with Crippen molar-refractivity contribution in [3.05, 3.63) is 52.0 Å².